The van der Waals surface area contributed by atoms with Gasteiger partial charge in [0.25, 0.3) is 0 Å². The van der Waals surface area contributed by atoms with Crippen LogP contribution in [-0.2, 0) is 19.1 Å². The number of aliphatic hydroxyl groups is 1. The summed E-state index contributed by atoms with van der Waals surface area (Å²) in [5.74, 6) is -2.14. The summed E-state index contributed by atoms with van der Waals surface area (Å²) in [5, 5.41) is 10.7. The molecule has 2 amide bonds. The van der Waals surface area contributed by atoms with E-state index in [9.17, 15) is 19.5 Å². The topological polar surface area (TPSA) is 87.1 Å². The Hall–Kier alpha value is -2.58. The van der Waals surface area contributed by atoms with Crippen LogP contribution in [0.15, 0.2) is 55.6 Å². The van der Waals surface area contributed by atoms with Crippen LogP contribution in [-0.4, -0.2) is 73.5 Å². The fraction of sp³-hybridized carbons (Fsp3) is 0.594. The number of carbonyl (C=O) groups is 3. The van der Waals surface area contributed by atoms with Crippen molar-refractivity contribution >= 4 is 29.5 Å². The number of likely N-dealkylation sites (tertiary alicyclic amines) is 1. The fourth-order valence-electron chi connectivity index (χ4n) is 6.99. The van der Waals surface area contributed by atoms with Gasteiger partial charge >= 0.3 is 5.97 Å². The molecular weight excluding hydrogens is 524 g/mol. The Bertz CT molecular complexity index is 1130. The van der Waals surface area contributed by atoms with Gasteiger partial charge in [0, 0.05) is 16.8 Å². The van der Waals surface area contributed by atoms with Gasteiger partial charge in [0.15, 0.2) is 0 Å². The molecule has 7 nitrogen and oxygen atoms in total. The van der Waals surface area contributed by atoms with Crippen molar-refractivity contribution < 1.29 is 24.2 Å². The zero-order valence-electron chi connectivity index (χ0n) is 24.3. The van der Waals surface area contributed by atoms with Crippen molar-refractivity contribution in [3.63, 3.8) is 0 Å². The Morgan fingerprint density at radius 3 is 2.50 bits per heavy atom. The third-order valence-corrected chi connectivity index (χ3v) is 10.8. The number of rotatable bonds is 12. The number of benzene rings is 1. The number of amides is 2. The molecule has 2 unspecified atom stereocenters. The molecule has 1 spiro atoms. The summed E-state index contributed by atoms with van der Waals surface area (Å²) in [4.78, 5) is 46.2. The van der Waals surface area contributed by atoms with Crippen LogP contribution in [0, 0.1) is 11.8 Å². The SMILES string of the molecule is C=CCCCCOC(=O)[C@@H]1[C@H]2C(=O)N([C@H](CO)c3ccccc3)C(C(=O)N(CC=C)C(C)(C)C)C23CC[C@@]1(C)S3. The molecule has 0 aromatic heterocycles. The number of ether oxygens (including phenoxy) is 1. The third kappa shape index (κ3) is 5.13. The smallest absolute Gasteiger partial charge is 0.311 e. The zero-order chi connectivity index (χ0) is 29.3. The molecule has 2 bridgehead atoms. The summed E-state index contributed by atoms with van der Waals surface area (Å²) in [6.45, 7) is 15.9. The van der Waals surface area contributed by atoms with E-state index in [-0.39, 0.29) is 24.4 Å². The summed E-state index contributed by atoms with van der Waals surface area (Å²) in [7, 11) is 0. The van der Waals surface area contributed by atoms with Gasteiger partial charge in [-0.1, -0.05) is 42.5 Å². The van der Waals surface area contributed by atoms with E-state index in [0.29, 0.717) is 26.0 Å². The minimum Gasteiger partial charge on any atom is -0.465 e. The number of hydrogen-bond acceptors (Lipinski definition) is 6. The van der Waals surface area contributed by atoms with E-state index >= 15 is 0 Å². The highest BCUT2D eigenvalue weighted by Gasteiger charge is 2.78. The molecule has 6 atom stereocenters. The molecule has 3 heterocycles. The normalized spacial score (nSPS) is 29.7. The lowest BCUT2D eigenvalue weighted by Gasteiger charge is -2.43. The predicted molar refractivity (Wildman–Crippen MR) is 159 cm³/mol. The van der Waals surface area contributed by atoms with Crippen molar-refractivity contribution in [1.82, 2.24) is 9.80 Å². The number of hydrogen-bond donors (Lipinski definition) is 1. The molecule has 1 N–H and O–H groups in total. The van der Waals surface area contributed by atoms with Crippen LogP contribution in [0.2, 0.25) is 0 Å². The number of aliphatic hydroxyl groups excluding tert-OH is 1. The van der Waals surface area contributed by atoms with Crippen LogP contribution >= 0.6 is 11.8 Å². The molecule has 1 aromatic carbocycles. The van der Waals surface area contributed by atoms with Gasteiger partial charge in [0.2, 0.25) is 11.8 Å². The number of allylic oxidation sites excluding steroid dienone is 1. The number of thioether (sulfide) groups is 1. The summed E-state index contributed by atoms with van der Waals surface area (Å²) in [6, 6.07) is 7.80. The summed E-state index contributed by atoms with van der Waals surface area (Å²) in [5.41, 5.74) is 0.233. The van der Waals surface area contributed by atoms with Gasteiger partial charge in [-0.15, -0.1) is 24.9 Å². The standard InChI is InChI=1S/C32H44N2O5S/c1-7-9-10-14-20-39-29(38)25-24-27(36)34(23(21-35)22-15-12-11-13-16-22)26(32(24)18-17-31(25,6)40-32)28(37)33(19-8-2)30(3,4)5/h7-8,11-13,15-16,23-26,35H,1-2,9-10,14,17-21H2,3-6H3/t23-,24+,25+,26?,31-,32?/m1/s1. The summed E-state index contributed by atoms with van der Waals surface area (Å²) >= 11 is 1.62. The van der Waals surface area contributed by atoms with Crippen molar-refractivity contribution in [1.29, 1.82) is 0 Å². The highest BCUT2D eigenvalue weighted by Crippen LogP contribution is 2.72. The monoisotopic (exact) mass is 568 g/mol. The first kappa shape index (κ1) is 30.4. The molecule has 3 aliphatic heterocycles. The maximum absolute atomic E-state index is 14.6. The fourth-order valence-corrected chi connectivity index (χ4v) is 9.32. The van der Waals surface area contributed by atoms with Gasteiger partial charge in [-0.3, -0.25) is 14.4 Å². The lowest BCUT2D eigenvalue weighted by Crippen LogP contribution is -2.59. The second-order valence-corrected chi connectivity index (χ2v) is 14.3. The Morgan fingerprint density at radius 1 is 1.20 bits per heavy atom. The maximum Gasteiger partial charge on any atom is 0.311 e. The van der Waals surface area contributed by atoms with E-state index in [1.807, 2.05) is 64.1 Å². The van der Waals surface area contributed by atoms with Crippen LogP contribution in [0.3, 0.4) is 0 Å². The van der Waals surface area contributed by atoms with Gasteiger partial charge in [-0.2, -0.15) is 0 Å². The lowest BCUT2D eigenvalue weighted by atomic mass is 9.66. The van der Waals surface area contributed by atoms with E-state index in [2.05, 4.69) is 13.2 Å². The molecule has 218 valence electrons. The minimum atomic E-state index is -0.834. The Labute approximate surface area is 243 Å². The number of esters is 1. The quantitative estimate of drug-likeness (QED) is 0.219. The van der Waals surface area contributed by atoms with Crippen LogP contribution < -0.4 is 0 Å². The highest BCUT2D eigenvalue weighted by atomic mass is 32.2. The van der Waals surface area contributed by atoms with Crippen molar-refractivity contribution in [3.8, 4) is 0 Å². The zero-order valence-corrected chi connectivity index (χ0v) is 25.1. The van der Waals surface area contributed by atoms with Crippen molar-refractivity contribution in [2.24, 2.45) is 11.8 Å². The maximum atomic E-state index is 14.6. The van der Waals surface area contributed by atoms with Crippen molar-refractivity contribution in [3.05, 3.63) is 61.2 Å². The molecule has 0 saturated carbocycles. The molecule has 40 heavy (non-hydrogen) atoms. The largest absolute Gasteiger partial charge is 0.465 e. The minimum absolute atomic E-state index is 0.173. The van der Waals surface area contributed by atoms with Crippen LogP contribution in [0.4, 0.5) is 0 Å². The first-order valence-corrected chi connectivity index (χ1v) is 15.2. The van der Waals surface area contributed by atoms with Gasteiger partial charge in [-0.25, -0.2) is 0 Å². The predicted octanol–water partition coefficient (Wildman–Crippen LogP) is 4.91. The van der Waals surface area contributed by atoms with Crippen molar-refractivity contribution in [2.45, 2.75) is 86.9 Å². The van der Waals surface area contributed by atoms with E-state index in [4.69, 9.17) is 4.74 Å². The van der Waals surface area contributed by atoms with Gasteiger partial charge in [0.1, 0.15) is 6.04 Å². The van der Waals surface area contributed by atoms with Crippen LogP contribution in [0.5, 0.6) is 0 Å². The first-order valence-electron chi connectivity index (χ1n) is 14.3. The number of fused-ring (bicyclic) bond motifs is 1. The molecule has 3 saturated heterocycles. The lowest BCUT2D eigenvalue weighted by molar-refractivity contribution is -0.156. The first-order chi connectivity index (χ1) is 19.0. The van der Waals surface area contributed by atoms with Crippen LogP contribution in [0.25, 0.3) is 0 Å². The van der Waals surface area contributed by atoms with Crippen LogP contribution in [0.1, 0.15) is 71.4 Å². The average molecular weight is 569 g/mol. The number of unbranched alkanes of at least 4 members (excludes halogenated alkanes) is 2. The Morgan fingerprint density at radius 2 is 1.90 bits per heavy atom. The van der Waals surface area contributed by atoms with Gasteiger partial charge in [0.05, 0.1) is 35.8 Å². The van der Waals surface area contributed by atoms with Crippen molar-refractivity contribution in [2.75, 3.05) is 19.8 Å². The third-order valence-electron chi connectivity index (χ3n) is 8.83. The molecule has 1 aromatic rings. The van der Waals surface area contributed by atoms with E-state index in [0.717, 1.165) is 24.8 Å². The molecule has 4 rings (SSSR count). The Balaban J connectivity index is 1.78. The highest BCUT2D eigenvalue weighted by molar-refractivity contribution is 8.02. The van der Waals surface area contributed by atoms with E-state index in [1.165, 1.54) is 0 Å². The van der Waals surface area contributed by atoms with E-state index in [1.54, 1.807) is 27.6 Å². The van der Waals surface area contributed by atoms with Gasteiger partial charge in [-0.05, 0) is 65.4 Å². The van der Waals surface area contributed by atoms with E-state index < -0.39 is 39.0 Å². The Kier molecular flexibility index (Phi) is 8.91. The molecule has 0 radical (unpaired) electrons. The second kappa shape index (κ2) is 11.7. The molecule has 8 heteroatoms. The number of carbonyl (C=O) groups excluding carboxylic acids is 3. The summed E-state index contributed by atoms with van der Waals surface area (Å²) < 4.78 is 4.48. The average Bonchev–Trinajstić information content (AvgIpc) is 3.48. The molecular formula is C32H44N2O5S. The molecule has 0 aliphatic carbocycles. The summed E-state index contributed by atoms with van der Waals surface area (Å²) in [6.07, 6.45) is 7.36. The van der Waals surface area contributed by atoms with Gasteiger partial charge < -0.3 is 19.6 Å². The second-order valence-electron chi connectivity index (χ2n) is 12.4. The number of nitrogens with zero attached hydrogens (tertiary/aromatic N) is 2. The molecule has 3 aliphatic rings. The molecule has 3 fully saturated rings.